The second kappa shape index (κ2) is 2.47. The molecule has 2 nitrogen and oxygen atoms in total. The third kappa shape index (κ3) is 1.21. The van der Waals surface area contributed by atoms with Gasteiger partial charge in [0.1, 0.15) is 16.9 Å². The molecule has 0 aromatic carbocycles. The molecule has 0 fully saturated rings. The van der Waals surface area contributed by atoms with Crippen molar-refractivity contribution < 1.29 is 13.2 Å². The van der Waals surface area contributed by atoms with Crippen LogP contribution >= 0.6 is 11.3 Å². The Morgan fingerprint density at radius 3 is 2.77 bits per heavy atom. The summed E-state index contributed by atoms with van der Waals surface area (Å²) in [6.45, 7) is 1.69. The van der Waals surface area contributed by atoms with Gasteiger partial charge in [0.15, 0.2) is 0 Å². The number of thiazole rings is 1. The summed E-state index contributed by atoms with van der Waals surface area (Å²) in [5.74, 6) is 0. The minimum absolute atomic E-state index is 0.548. The van der Waals surface area contributed by atoms with Crippen molar-refractivity contribution in [1.29, 1.82) is 0 Å². The molecule has 0 amide bonds. The lowest BCUT2D eigenvalue weighted by Gasteiger charge is -2.02. The van der Waals surface area contributed by atoms with E-state index in [4.69, 9.17) is 0 Å². The van der Waals surface area contributed by atoms with Gasteiger partial charge in [0.05, 0.1) is 5.69 Å². The number of hydrogen-bond donors (Lipinski definition) is 0. The fraction of sp³-hybridized carbons (Fsp3) is 0.286. The van der Waals surface area contributed by atoms with Gasteiger partial charge in [-0.25, -0.2) is 4.98 Å². The molecule has 13 heavy (non-hydrogen) atoms. The highest BCUT2D eigenvalue weighted by Crippen LogP contribution is 2.33. The van der Waals surface area contributed by atoms with Gasteiger partial charge in [0.25, 0.3) is 0 Å². The third-order valence-corrected chi connectivity index (χ3v) is 2.78. The van der Waals surface area contributed by atoms with Crippen LogP contribution in [0.2, 0.25) is 0 Å². The summed E-state index contributed by atoms with van der Waals surface area (Å²) in [4.78, 5) is 4.35. The molecule has 0 saturated heterocycles. The van der Waals surface area contributed by atoms with E-state index in [-0.39, 0.29) is 0 Å². The first-order valence-electron chi connectivity index (χ1n) is 3.48. The van der Waals surface area contributed by atoms with Crippen molar-refractivity contribution >= 4 is 16.2 Å². The summed E-state index contributed by atoms with van der Waals surface area (Å²) >= 11 is 1.05. The summed E-state index contributed by atoms with van der Waals surface area (Å²) in [5.41, 5.74) is -0.0337. The fourth-order valence-corrected chi connectivity index (χ4v) is 2.06. The number of aryl methyl sites for hydroxylation is 1. The highest BCUT2D eigenvalue weighted by atomic mass is 32.1. The molecule has 0 N–H and O–H groups in total. The van der Waals surface area contributed by atoms with Gasteiger partial charge >= 0.3 is 6.18 Å². The zero-order chi connectivity index (χ0) is 9.64. The summed E-state index contributed by atoms with van der Waals surface area (Å²) in [5, 5.41) is 1.10. The minimum atomic E-state index is -4.30. The first kappa shape index (κ1) is 8.55. The van der Waals surface area contributed by atoms with Gasteiger partial charge in [-0.05, 0) is 6.92 Å². The van der Waals surface area contributed by atoms with Crippen molar-refractivity contribution in [3.8, 4) is 0 Å². The molecule has 0 radical (unpaired) electrons. The van der Waals surface area contributed by atoms with E-state index < -0.39 is 11.9 Å². The molecule has 0 saturated carbocycles. The average molecular weight is 206 g/mol. The van der Waals surface area contributed by atoms with Crippen LogP contribution in [0, 0.1) is 6.92 Å². The molecule has 2 aromatic rings. The Morgan fingerprint density at radius 2 is 2.15 bits per heavy atom. The van der Waals surface area contributed by atoms with Crippen LogP contribution in [0.5, 0.6) is 0 Å². The van der Waals surface area contributed by atoms with Gasteiger partial charge in [-0.1, -0.05) is 0 Å². The number of nitrogens with zero attached hydrogens (tertiary/aromatic N) is 2. The van der Waals surface area contributed by atoms with Crippen molar-refractivity contribution in [3.05, 3.63) is 23.1 Å². The lowest BCUT2D eigenvalue weighted by molar-refractivity contribution is -0.141. The number of halogens is 3. The first-order chi connectivity index (χ1) is 6.00. The molecule has 0 aliphatic rings. The quantitative estimate of drug-likeness (QED) is 0.647. The van der Waals surface area contributed by atoms with Gasteiger partial charge < -0.3 is 0 Å². The Balaban J connectivity index is 2.72. The first-order valence-corrected chi connectivity index (χ1v) is 4.36. The molecular formula is C7H5F3N2S. The number of fused-ring (bicyclic) bond motifs is 1. The Labute approximate surface area is 75.6 Å². The Morgan fingerprint density at radius 1 is 1.46 bits per heavy atom. The predicted molar refractivity (Wildman–Crippen MR) is 42.8 cm³/mol. The SMILES string of the molecule is Cc1ncn2c(C(F)(F)F)csc12. The van der Waals surface area contributed by atoms with Crippen LogP contribution in [0.4, 0.5) is 13.2 Å². The number of rotatable bonds is 0. The van der Waals surface area contributed by atoms with E-state index in [0.29, 0.717) is 10.5 Å². The largest absolute Gasteiger partial charge is 0.432 e. The standard InChI is InChI=1S/C7H5F3N2S/c1-4-6-12(3-11-4)5(2-13-6)7(8,9)10/h2-3H,1H3. The van der Waals surface area contributed by atoms with Crippen molar-refractivity contribution in [2.24, 2.45) is 0 Å². The van der Waals surface area contributed by atoms with Gasteiger partial charge in [0.2, 0.25) is 0 Å². The molecule has 0 spiro atoms. The average Bonchev–Trinajstić information content (AvgIpc) is 2.51. The predicted octanol–water partition coefficient (Wildman–Crippen LogP) is 2.72. The topological polar surface area (TPSA) is 17.3 Å². The normalized spacial score (nSPS) is 12.6. The molecule has 2 rings (SSSR count). The second-order valence-electron chi connectivity index (χ2n) is 2.62. The molecule has 2 heterocycles. The maximum atomic E-state index is 12.3. The van der Waals surface area contributed by atoms with Crippen molar-refractivity contribution in [3.63, 3.8) is 0 Å². The van der Waals surface area contributed by atoms with E-state index in [0.717, 1.165) is 21.1 Å². The van der Waals surface area contributed by atoms with Crippen LogP contribution in [0.15, 0.2) is 11.7 Å². The van der Waals surface area contributed by atoms with Crippen molar-refractivity contribution in [2.45, 2.75) is 13.1 Å². The lowest BCUT2D eigenvalue weighted by atomic mass is 10.5. The summed E-state index contributed by atoms with van der Waals surface area (Å²) in [6.07, 6.45) is -3.10. The van der Waals surface area contributed by atoms with E-state index in [2.05, 4.69) is 4.98 Å². The summed E-state index contributed by atoms with van der Waals surface area (Å²) in [7, 11) is 0. The summed E-state index contributed by atoms with van der Waals surface area (Å²) < 4.78 is 38.0. The Kier molecular flexibility index (Phi) is 1.63. The van der Waals surface area contributed by atoms with Crippen LogP contribution < -0.4 is 0 Å². The van der Waals surface area contributed by atoms with Gasteiger partial charge in [-0.2, -0.15) is 13.2 Å². The molecule has 6 heteroatoms. The van der Waals surface area contributed by atoms with E-state index in [1.54, 1.807) is 6.92 Å². The van der Waals surface area contributed by atoms with Crippen LogP contribution in [-0.4, -0.2) is 9.38 Å². The smallest absolute Gasteiger partial charge is 0.285 e. The van der Waals surface area contributed by atoms with Gasteiger partial charge in [-0.3, -0.25) is 4.40 Å². The fourth-order valence-electron chi connectivity index (χ4n) is 1.11. The summed E-state index contributed by atoms with van der Waals surface area (Å²) in [6, 6.07) is 0. The van der Waals surface area contributed by atoms with E-state index in [9.17, 15) is 13.2 Å². The monoisotopic (exact) mass is 206 g/mol. The Hall–Kier alpha value is -1.04. The molecule has 0 aliphatic carbocycles. The molecule has 0 atom stereocenters. The van der Waals surface area contributed by atoms with Gasteiger partial charge in [0, 0.05) is 5.38 Å². The molecular weight excluding hydrogens is 201 g/mol. The highest BCUT2D eigenvalue weighted by Gasteiger charge is 2.34. The van der Waals surface area contributed by atoms with Crippen LogP contribution in [0.25, 0.3) is 4.83 Å². The van der Waals surface area contributed by atoms with Crippen molar-refractivity contribution in [1.82, 2.24) is 9.38 Å². The third-order valence-electron chi connectivity index (χ3n) is 1.73. The molecule has 0 aliphatic heterocycles. The zero-order valence-corrected chi connectivity index (χ0v) is 7.41. The van der Waals surface area contributed by atoms with Crippen molar-refractivity contribution in [2.75, 3.05) is 0 Å². The Bertz CT molecular complexity index is 440. The van der Waals surface area contributed by atoms with Gasteiger partial charge in [-0.15, -0.1) is 11.3 Å². The van der Waals surface area contributed by atoms with E-state index in [1.165, 1.54) is 6.33 Å². The number of hydrogen-bond acceptors (Lipinski definition) is 2. The lowest BCUT2D eigenvalue weighted by Crippen LogP contribution is -2.07. The number of alkyl halides is 3. The van der Waals surface area contributed by atoms with Crippen LogP contribution in [-0.2, 0) is 6.18 Å². The van der Waals surface area contributed by atoms with Crippen LogP contribution in [0.1, 0.15) is 11.4 Å². The molecule has 0 unspecified atom stereocenters. The number of imidazole rings is 1. The maximum absolute atomic E-state index is 12.3. The second-order valence-corrected chi connectivity index (χ2v) is 3.48. The number of aromatic nitrogens is 2. The maximum Gasteiger partial charge on any atom is 0.432 e. The molecule has 0 bridgehead atoms. The highest BCUT2D eigenvalue weighted by molar-refractivity contribution is 7.15. The molecule has 70 valence electrons. The molecule has 2 aromatic heterocycles. The van der Waals surface area contributed by atoms with E-state index >= 15 is 0 Å². The minimum Gasteiger partial charge on any atom is -0.285 e. The van der Waals surface area contributed by atoms with Crippen LogP contribution in [0.3, 0.4) is 0 Å². The zero-order valence-electron chi connectivity index (χ0n) is 6.59. The van der Waals surface area contributed by atoms with E-state index in [1.807, 2.05) is 0 Å².